The van der Waals surface area contributed by atoms with E-state index in [2.05, 4.69) is 21.2 Å². The fraction of sp³-hybridized carbons (Fsp3) is 0.200. The van der Waals surface area contributed by atoms with Crippen LogP contribution >= 0.6 is 50.7 Å². The molecule has 0 bridgehead atoms. The fourth-order valence-electron chi connectivity index (χ4n) is 2.04. The molecule has 0 aliphatic rings. The standard InChI is InChI=1S/C15H13BrCl3N/c1-2-20-15(9-3-5-12(16)14(19)7-9)11-8-10(17)4-6-13(11)18/h3-8,15,20H,2H2,1H3. The second kappa shape index (κ2) is 7.15. The lowest BCUT2D eigenvalue weighted by Gasteiger charge is -2.21. The molecule has 0 aliphatic carbocycles. The summed E-state index contributed by atoms with van der Waals surface area (Å²) >= 11 is 22.0. The second-order valence-corrected chi connectivity index (χ2v) is 6.44. The lowest BCUT2D eigenvalue weighted by molar-refractivity contribution is 0.631. The Labute approximate surface area is 142 Å². The molecule has 1 unspecified atom stereocenters. The summed E-state index contributed by atoms with van der Waals surface area (Å²) in [6.45, 7) is 2.85. The van der Waals surface area contributed by atoms with Crippen molar-refractivity contribution in [1.82, 2.24) is 5.32 Å². The van der Waals surface area contributed by atoms with E-state index in [-0.39, 0.29) is 6.04 Å². The van der Waals surface area contributed by atoms with Gasteiger partial charge in [0.2, 0.25) is 0 Å². The molecule has 2 aromatic rings. The summed E-state index contributed by atoms with van der Waals surface area (Å²) in [5, 5.41) is 5.43. The van der Waals surface area contributed by atoms with Gasteiger partial charge in [-0.1, -0.05) is 47.8 Å². The van der Waals surface area contributed by atoms with E-state index in [9.17, 15) is 0 Å². The smallest absolute Gasteiger partial charge is 0.0592 e. The van der Waals surface area contributed by atoms with E-state index in [1.165, 1.54) is 0 Å². The third kappa shape index (κ3) is 3.69. The maximum Gasteiger partial charge on any atom is 0.0592 e. The highest BCUT2D eigenvalue weighted by Crippen LogP contribution is 2.33. The van der Waals surface area contributed by atoms with E-state index < -0.39 is 0 Å². The highest BCUT2D eigenvalue weighted by molar-refractivity contribution is 9.10. The number of nitrogens with one attached hydrogen (secondary N) is 1. The van der Waals surface area contributed by atoms with Gasteiger partial charge in [-0.3, -0.25) is 0 Å². The predicted molar refractivity (Wildman–Crippen MR) is 91.1 cm³/mol. The van der Waals surface area contributed by atoms with Crippen LogP contribution in [0.15, 0.2) is 40.9 Å². The summed E-state index contributed by atoms with van der Waals surface area (Å²) in [5.74, 6) is 0. The minimum atomic E-state index is -0.0446. The van der Waals surface area contributed by atoms with Gasteiger partial charge < -0.3 is 5.32 Å². The number of halogens is 4. The van der Waals surface area contributed by atoms with Gasteiger partial charge in [0.05, 0.1) is 11.1 Å². The van der Waals surface area contributed by atoms with Crippen molar-refractivity contribution in [3.63, 3.8) is 0 Å². The SMILES string of the molecule is CCNC(c1ccc(Br)c(Cl)c1)c1cc(Cl)ccc1Cl. The van der Waals surface area contributed by atoms with Crippen LogP contribution < -0.4 is 5.32 Å². The number of hydrogen-bond donors (Lipinski definition) is 1. The zero-order valence-corrected chi connectivity index (χ0v) is 14.6. The number of rotatable bonds is 4. The van der Waals surface area contributed by atoms with E-state index in [1.54, 1.807) is 6.07 Å². The van der Waals surface area contributed by atoms with Crippen LogP contribution in [0, 0.1) is 0 Å². The van der Waals surface area contributed by atoms with Crippen LogP contribution in [0.1, 0.15) is 24.1 Å². The van der Waals surface area contributed by atoms with Gasteiger partial charge in [0.1, 0.15) is 0 Å². The number of benzene rings is 2. The van der Waals surface area contributed by atoms with Crippen molar-refractivity contribution in [2.24, 2.45) is 0 Å². The van der Waals surface area contributed by atoms with Crippen LogP contribution in [0.25, 0.3) is 0 Å². The molecule has 0 heterocycles. The molecule has 0 amide bonds. The minimum Gasteiger partial charge on any atom is -0.306 e. The van der Waals surface area contributed by atoms with Gasteiger partial charge in [-0.05, 0) is 63.9 Å². The molecule has 0 radical (unpaired) electrons. The van der Waals surface area contributed by atoms with Gasteiger partial charge in [0.25, 0.3) is 0 Å². The van der Waals surface area contributed by atoms with Gasteiger partial charge >= 0.3 is 0 Å². The van der Waals surface area contributed by atoms with Crippen molar-refractivity contribution < 1.29 is 0 Å². The van der Waals surface area contributed by atoms with Gasteiger partial charge in [-0.2, -0.15) is 0 Å². The molecular weight excluding hydrogens is 380 g/mol. The molecule has 106 valence electrons. The molecule has 0 aromatic heterocycles. The quantitative estimate of drug-likeness (QED) is 0.661. The van der Waals surface area contributed by atoms with Crippen LogP contribution in [0.5, 0.6) is 0 Å². The normalized spacial score (nSPS) is 12.4. The topological polar surface area (TPSA) is 12.0 Å². The van der Waals surface area contributed by atoms with Gasteiger partial charge in [0.15, 0.2) is 0 Å². The fourth-order valence-corrected chi connectivity index (χ4v) is 2.88. The molecule has 2 aromatic carbocycles. The average molecular weight is 394 g/mol. The van der Waals surface area contributed by atoms with Crippen molar-refractivity contribution in [3.05, 3.63) is 67.1 Å². The zero-order chi connectivity index (χ0) is 14.7. The third-order valence-electron chi connectivity index (χ3n) is 2.95. The predicted octanol–water partition coefficient (Wildman–Crippen LogP) is 6.11. The summed E-state index contributed by atoms with van der Waals surface area (Å²) < 4.78 is 0.871. The molecule has 0 aliphatic heterocycles. The van der Waals surface area contributed by atoms with E-state index in [0.717, 1.165) is 22.1 Å². The first kappa shape index (κ1) is 16.1. The van der Waals surface area contributed by atoms with E-state index in [4.69, 9.17) is 34.8 Å². The average Bonchev–Trinajstić information content (AvgIpc) is 2.42. The molecule has 0 spiro atoms. The second-order valence-electron chi connectivity index (χ2n) is 4.33. The minimum absolute atomic E-state index is 0.0446. The Morgan fingerprint density at radius 1 is 1.05 bits per heavy atom. The van der Waals surface area contributed by atoms with Gasteiger partial charge in [-0.15, -0.1) is 0 Å². The van der Waals surface area contributed by atoms with Crippen LogP contribution in [0.2, 0.25) is 15.1 Å². The van der Waals surface area contributed by atoms with E-state index in [0.29, 0.717) is 15.1 Å². The van der Waals surface area contributed by atoms with Crippen LogP contribution in [0.3, 0.4) is 0 Å². The maximum atomic E-state index is 6.31. The molecular formula is C15H13BrCl3N. The Kier molecular flexibility index (Phi) is 5.76. The lowest BCUT2D eigenvalue weighted by atomic mass is 9.98. The lowest BCUT2D eigenvalue weighted by Crippen LogP contribution is -2.22. The molecule has 0 fully saturated rings. The van der Waals surface area contributed by atoms with E-state index >= 15 is 0 Å². The van der Waals surface area contributed by atoms with Gasteiger partial charge in [0, 0.05) is 14.5 Å². The van der Waals surface area contributed by atoms with Crippen molar-refractivity contribution in [2.45, 2.75) is 13.0 Å². The summed E-state index contributed by atoms with van der Waals surface area (Å²) in [7, 11) is 0. The van der Waals surface area contributed by atoms with Crippen molar-refractivity contribution >= 4 is 50.7 Å². The van der Waals surface area contributed by atoms with Crippen molar-refractivity contribution in [2.75, 3.05) is 6.54 Å². The molecule has 1 N–H and O–H groups in total. The molecule has 0 saturated heterocycles. The maximum absolute atomic E-state index is 6.31. The molecule has 20 heavy (non-hydrogen) atoms. The largest absolute Gasteiger partial charge is 0.306 e. The molecule has 2 rings (SSSR count). The van der Waals surface area contributed by atoms with Crippen molar-refractivity contribution in [1.29, 1.82) is 0 Å². The van der Waals surface area contributed by atoms with Crippen LogP contribution in [-0.4, -0.2) is 6.54 Å². The van der Waals surface area contributed by atoms with Crippen molar-refractivity contribution in [3.8, 4) is 0 Å². The molecule has 1 nitrogen and oxygen atoms in total. The highest BCUT2D eigenvalue weighted by Gasteiger charge is 2.17. The van der Waals surface area contributed by atoms with Crippen LogP contribution in [-0.2, 0) is 0 Å². The van der Waals surface area contributed by atoms with E-state index in [1.807, 2.05) is 37.3 Å². The summed E-state index contributed by atoms with van der Waals surface area (Å²) in [6.07, 6.45) is 0. The molecule has 0 saturated carbocycles. The monoisotopic (exact) mass is 391 g/mol. The Bertz CT molecular complexity index is 616. The first-order valence-electron chi connectivity index (χ1n) is 6.16. The first-order valence-corrected chi connectivity index (χ1v) is 8.09. The molecule has 5 heteroatoms. The Balaban J connectivity index is 2.49. The third-order valence-corrected chi connectivity index (χ3v) is 4.77. The zero-order valence-electron chi connectivity index (χ0n) is 10.8. The Hall–Kier alpha value is -0.250. The number of hydrogen-bond acceptors (Lipinski definition) is 1. The summed E-state index contributed by atoms with van der Waals surface area (Å²) in [6, 6.07) is 11.3. The van der Waals surface area contributed by atoms with Crippen LogP contribution in [0.4, 0.5) is 0 Å². The summed E-state index contributed by atoms with van der Waals surface area (Å²) in [5.41, 5.74) is 1.99. The first-order chi connectivity index (χ1) is 9.52. The highest BCUT2D eigenvalue weighted by atomic mass is 79.9. The molecule has 1 atom stereocenters. The van der Waals surface area contributed by atoms with Gasteiger partial charge in [-0.25, -0.2) is 0 Å². The summed E-state index contributed by atoms with van der Waals surface area (Å²) in [4.78, 5) is 0. The Morgan fingerprint density at radius 3 is 2.45 bits per heavy atom. The Morgan fingerprint density at radius 2 is 1.80 bits per heavy atom.